The Morgan fingerprint density at radius 2 is 1.64 bits per heavy atom. The van der Waals surface area contributed by atoms with Crippen molar-refractivity contribution in [2.45, 2.75) is 32.8 Å². The number of nitrogens with zero attached hydrogens (tertiary/aromatic N) is 2. The lowest BCUT2D eigenvalue weighted by Gasteiger charge is -2.35. The van der Waals surface area contributed by atoms with Crippen LogP contribution in [-0.4, -0.2) is 67.3 Å². The third-order valence-corrected chi connectivity index (χ3v) is 4.12. The van der Waals surface area contributed by atoms with Crippen molar-refractivity contribution in [3.8, 4) is 0 Å². The van der Waals surface area contributed by atoms with E-state index in [2.05, 4.69) is 4.90 Å². The highest BCUT2D eigenvalue weighted by molar-refractivity contribution is 5.89. The Kier molecular flexibility index (Phi) is 6.42. The molecule has 1 aromatic carbocycles. The maximum absolute atomic E-state index is 12.1. The Hall–Kier alpha value is -2.08. The van der Waals surface area contributed by atoms with Crippen LogP contribution in [0.4, 0.5) is 4.79 Å². The molecule has 0 aromatic heterocycles. The van der Waals surface area contributed by atoms with Crippen LogP contribution in [0.15, 0.2) is 24.3 Å². The maximum Gasteiger partial charge on any atom is 0.410 e. The van der Waals surface area contributed by atoms with Crippen LogP contribution in [0.2, 0.25) is 0 Å². The van der Waals surface area contributed by atoms with E-state index < -0.39 is 5.60 Å². The minimum atomic E-state index is -0.454. The lowest BCUT2D eigenvalue weighted by atomic mass is 10.1. The normalized spacial score (nSPS) is 15.8. The van der Waals surface area contributed by atoms with E-state index in [0.717, 1.165) is 26.1 Å². The molecule has 0 spiro atoms. The summed E-state index contributed by atoms with van der Waals surface area (Å²) in [5.74, 6) is -0.315. The summed E-state index contributed by atoms with van der Waals surface area (Å²) in [5.41, 5.74) is 1.30. The second kappa shape index (κ2) is 8.34. The first-order valence-electron chi connectivity index (χ1n) is 8.66. The highest BCUT2D eigenvalue weighted by atomic mass is 16.6. The zero-order chi connectivity index (χ0) is 18.4. The average Bonchev–Trinajstić information content (AvgIpc) is 2.58. The number of ether oxygens (including phenoxy) is 2. The van der Waals surface area contributed by atoms with Gasteiger partial charge < -0.3 is 14.4 Å². The summed E-state index contributed by atoms with van der Waals surface area (Å²) in [6.07, 6.45) is 0.680. The smallest absolute Gasteiger partial charge is 0.410 e. The van der Waals surface area contributed by atoms with Gasteiger partial charge >= 0.3 is 12.1 Å². The molecule has 1 amide bonds. The van der Waals surface area contributed by atoms with Crippen LogP contribution in [0.3, 0.4) is 0 Å². The first-order chi connectivity index (χ1) is 11.8. The van der Waals surface area contributed by atoms with Gasteiger partial charge in [-0.1, -0.05) is 12.1 Å². The van der Waals surface area contributed by atoms with Crippen LogP contribution in [0.1, 0.15) is 36.7 Å². The second-order valence-corrected chi connectivity index (χ2v) is 7.25. The number of methoxy groups -OCH3 is 1. The zero-order valence-electron chi connectivity index (χ0n) is 15.6. The van der Waals surface area contributed by atoms with Gasteiger partial charge in [0.05, 0.1) is 12.7 Å². The molecule has 0 radical (unpaired) electrons. The molecule has 0 unspecified atom stereocenters. The molecule has 0 N–H and O–H groups in total. The van der Waals surface area contributed by atoms with Gasteiger partial charge in [0.25, 0.3) is 0 Å². The number of esters is 1. The van der Waals surface area contributed by atoms with E-state index >= 15 is 0 Å². The average molecular weight is 348 g/mol. The van der Waals surface area contributed by atoms with E-state index in [4.69, 9.17) is 9.47 Å². The van der Waals surface area contributed by atoms with E-state index in [0.29, 0.717) is 18.7 Å². The van der Waals surface area contributed by atoms with Crippen molar-refractivity contribution in [3.63, 3.8) is 0 Å². The van der Waals surface area contributed by atoms with Gasteiger partial charge in [-0.3, -0.25) is 4.90 Å². The molecule has 1 aliphatic heterocycles. The van der Waals surface area contributed by atoms with Crippen molar-refractivity contribution in [3.05, 3.63) is 35.4 Å². The number of benzene rings is 1. The van der Waals surface area contributed by atoms with Crippen molar-refractivity contribution >= 4 is 12.1 Å². The van der Waals surface area contributed by atoms with Crippen molar-refractivity contribution in [2.75, 3.05) is 39.8 Å². The minimum Gasteiger partial charge on any atom is -0.465 e. The van der Waals surface area contributed by atoms with Crippen LogP contribution in [0.5, 0.6) is 0 Å². The maximum atomic E-state index is 12.1. The number of piperazine rings is 1. The van der Waals surface area contributed by atoms with Gasteiger partial charge in [-0.25, -0.2) is 9.59 Å². The number of hydrogen-bond acceptors (Lipinski definition) is 5. The molecule has 138 valence electrons. The highest BCUT2D eigenvalue weighted by Gasteiger charge is 2.25. The van der Waals surface area contributed by atoms with E-state index in [9.17, 15) is 9.59 Å². The third kappa shape index (κ3) is 6.05. The molecular formula is C19H28N2O4. The fraction of sp³-hybridized carbons (Fsp3) is 0.579. The van der Waals surface area contributed by atoms with Crippen LogP contribution < -0.4 is 0 Å². The molecule has 0 atom stereocenters. The number of carbonyl (C=O) groups excluding carboxylic acids is 2. The summed E-state index contributed by atoms with van der Waals surface area (Å²) in [7, 11) is 1.38. The summed E-state index contributed by atoms with van der Waals surface area (Å²) >= 11 is 0. The first kappa shape index (κ1) is 19.2. The minimum absolute atomic E-state index is 0.231. The number of carbonyl (C=O) groups is 2. The van der Waals surface area contributed by atoms with Crippen molar-refractivity contribution in [1.82, 2.24) is 9.80 Å². The molecule has 0 saturated carbocycles. The fourth-order valence-electron chi connectivity index (χ4n) is 2.69. The Balaban J connectivity index is 1.75. The molecule has 1 aromatic rings. The summed E-state index contributed by atoms with van der Waals surface area (Å²) in [6, 6.07) is 7.51. The van der Waals surface area contributed by atoms with Gasteiger partial charge in [-0.05, 0) is 44.9 Å². The third-order valence-electron chi connectivity index (χ3n) is 4.12. The fourth-order valence-corrected chi connectivity index (χ4v) is 2.69. The van der Waals surface area contributed by atoms with E-state index in [1.54, 1.807) is 17.0 Å². The molecule has 2 rings (SSSR count). The van der Waals surface area contributed by atoms with Gasteiger partial charge in [-0.15, -0.1) is 0 Å². The predicted molar refractivity (Wildman–Crippen MR) is 95.7 cm³/mol. The Bertz CT molecular complexity index is 584. The highest BCUT2D eigenvalue weighted by Crippen LogP contribution is 2.13. The lowest BCUT2D eigenvalue weighted by molar-refractivity contribution is 0.0146. The van der Waals surface area contributed by atoms with Gasteiger partial charge in [0.15, 0.2) is 0 Å². The molecule has 25 heavy (non-hydrogen) atoms. The molecule has 6 heteroatoms. The summed E-state index contributed by atoms with van der Waals surface area (Å²) in [4.78, 5) is 27.6. The Labute approximate surface area is 149 Å². The quantitative estimate of drug-likeness (QED) is 0.783. The van der Waals surface area contributed by atoms with E-state index in [-0.39, 0.29) is 12.1 Å². The number of rotatable bonds is 4. The van der Waals surface area contributed by atoms with Gasteiger partial charge in [0.1, 0.15) is 5.60 Å². The molecule has 1 aliphatic rings. The molecule has 1 saturated heterocycles. The van der Waals surface area contributed by atoms with Crippen molar-refractivity contribution in [1.29, 1.82) is 0 Å². The van der Waals surface area contributed by atoms with Crippen LogP contribution in [0, 0.1) is 0 Å². The largest absolute Gasteiger partial charge is 0.465 e. The molecule has 1 fully saturated rings. The number of hydrogen-bond donors (Lipinski definition) is 0. The monoisotopic (exact) mass is 348 g/mol. The first-order valence-corrected chi connectivity index (χ1v) is 8.66. The summed E-state index contributed by atoms with van der Waals surface area (Å²) in [5, 5.41) is 0. The molecule has 0 aliphatic carbocycles. The zero-order valence-corrected chi connectivity index (χ0v) is 15.6. The van der Waals surface area contributed by atoms with Crippen LogP contribution in [-0.2, 0) is 15.9 Å². The predicted octanol–water partition coefficient (Wildman–Crippen LogP) is 2.57. The molecular weight excluding hydrogens is 320 g/mol. The Morgan fingerprint density at radius 1 is 1.04 bits per heavy atom. The SMILES string of the molecule is COC(=O)c1ccc(CCN2CCN(C(=O)OC(C)(C)C)CC2)cc1. The van der Waals surface area contributed by atoms with Gasteiger partial charge in [-0.2, -0.15) is 0 Å². The van der Waals surface area contributed by atoms with Crippen LogP contribution in [0.25, 0.3) is 0 Å². The summed E-state index contributed by atoms with van der Waals surface area (Å²) in [6.45, 7) is 9.65. The van der Waals surface area contributed by atoms with Gasteiger partial charge in [0.2, 0.25) is 0 Å². The van der Waals surface area contributed by atoms with E-state index in [1.165, 1.54) is 12.7 Å². The van der Waals surface area contributed by atoms with E-state index in [1.807, 2.05) is 32.9 Å². The Morgan fingerprint density at radius 3 is 2.16 bits per heavy atom. The molecule has 0 bridgehead atoms. The van der Waals surface area contributed by atoms with Gasteiger partial charge in [0, 0.05) is 32.7 Å². The second-order valence-electron chi connectivity index (χ2n) is 7.25. The lowest BCUT2D eigenvalue weighted by Crippen LogP contribution is -2.50. The number of amides is 1. The summed E-state index contributed by atoms with van der Waals surface area (Å²) < 4.78 is 10.1. The standard InChI is InChI=1S/C19H28N2O4/c1-19(2,3)25-18(23)21-13-11-20(12-14-21)10-9-15-5-7-16(8-6-15)17(22)24-4/h5-8H,9-14H2,1-4H3. The van der Waals surface area contributed by atoms with Crippen molar-refractivity contribution < 1.29 is 19.1 Å². The molecule has 6 nitrogen and oxygen atoms in total. The topological polar surface area (TPSA) is 59.1 Å². The molecule has 1 heterocycles. The van der Waals surface area contributed by atoms with Crippen molar-refractivity contribution in [2.24, 2.45) is 0 Å². The van der Waals surface area contributed by atoms with Crippen LogP contribution >= 0.6 is 0 Å².